The van der Waals surface area contributed by atoms with Gasteiger partial charge in [0, 0.05) is 43.9 Å². The number of carbonyl (C=O) groups excluding carboxylic acids is 1. The van der Waals surface area contributed by atoms with E-state index >= 15 is 0 Å². The maximum Gasteiger partial charge on any atom is 0.333 e. The van der Waals surface area contributed by atoms with E-state index in [1.807, 2.05) is 4.90 Å². The van der Waals surface area contributed by atoms with E-state index in [9.17, 15) is 9.18 Å². The number of piperidine rings is 1. The van der Waals surface area contributed by atoms with Crippen LogP contribution in [0.5, 0.6) is 5.75 Å². The summed E-state index contributed by atoms with van der Waals surface area (Å²) in [4.78, 5) is 22.7. The highest BCUT2D eigenvalue weighted by Gasteiger charge is 2.25. The molecule has 0 N–H and O–H groups in total. The molecule has 3 aromatic rings. The first-order chi connectivity index (χ1) is 14.0. The molecule has 0 radical (unpaired) electrons. The highest BCUT2D eigenvalue weighted by atomic mass is 79.9. The molecule has 1 saturated heterocycles. The van der Waals surface area contributed by atoms with Crippen LogP contribution in [0.25, 0.3) is 11.5 Å². The Bertz CT molecular complexity index is 1020. The molecule has 0 amide bonds. The lowest BCUT2D eigenvalue weighted by Gasteiger charge is -2.31. The van der Waals surface area contributed by atoms with Crippen molar-refractivity contribution < 1.29 is 23.2 Å². The number of hydrogen-bond acceptors (Lipinski definition) is 9. The molecule has 0 atom stereocenters. The monoisotopic (exact) mass is 466 g/mol. The zero-order valence-corrected chi connectivity index (χ0v) is 16.9. The van der Waals surface area contributed by atoms with Gasteiger partial charge >= 0.3 is 5.97 Å². The van der Waals surface area contributed by atoms with Crippen LogP contribution in [0, 0.1) is 5.82 Å². The third-order valence-corrected chi connectivity index (χ3v) is 4.88. The molecule has 1 aliphatic rings. The van der Waals surface area contributed by atoms with Gasteiger partial charge < -0.3 is 18.9 Å². The summed E-state index contributed by atoms with van der Waals surface area (Å²) >= 11 is 3.37. The minimum atomic E-state index is -0.565. The number of tetrazole rings is 1. The highest BCUT2D eigenvalue weighted by molar-refractivity contribution is 9.10. The Morgan fingerprint density at radius 3 is 2.90 bits per heavy atom. The van der Waals surface area contributed by atoms with E-state index < -0.39 is 5.97 Å². The van der Waals surface area contributed by atoms with Gasteiger partial charge in [-0.2, -0.15) is 4.98 Å². The van der Waals surface area contributed by atoms with Crippen molar-refractivity contribution in [3.63, 3.8) is 0 Å². The van der Waals surface area contributed by atoms with E-state index in [0.717, 1.165) is 17.8 Å². The Morgan fingerprint density at radius 1 is 1.34 bits per heavy atom. The number of rotatable bonds is 5. The molecule has 1 aromatic carbocycles. The molecule has 0 aliphatic carbocycles. The van der Waals surface area contributed by atoms with Crippen molar-refractivity contribution in [3.8, 4) is 17.3 Å². The predicted octanol–water partition coefficient (Wildman–Crippen LogP) is 2.25. The second-order valence-electron chi connectivity index (χ2n) is 6.34. The van der Waals surface area contributed by atoms with Gasteiger partial charge in [-0.15, -0.1) is 5.10 Å². The average Bonchev–Trinajstić information content (AvgIpc) is 3.34. The second-order valence-corrected chi connectivity index (χ2v) is 7.20. The number of hydrogen-bond donors (Lipinski definition) is 0. The molecule has 0 spiro atoms. The maximum atomic E-state index is 13.4. The van der Waals surface area contributed by atoms with Crippen molar-refractivity contribution in [2.75, 3.05) is 18.0 Å². The number of benzene rings is 1. The van der Waals surface area contributed by atoms with E-state index in [4.69, 9.17) is 14.0 Å². The van der Waals surface area contributed by atoms with Crippen molar-refractivity contribution in [1.29, 1.82) is 0 Å². The second kappa shape index (κ2) is 8.15. The summed E-state index contributed by atoms with van der Waals surface area (Å²) in [5, 5.41) is 11.3. The Morgan fingerprint density at radius 2 is 2.14 bits per heavy atom. The smallest absolute Gasteiger partial charge is 0.333 e. The van der Waals surface area contributed by atoms with Crippen molar-refractivity contribution in [3.05, 3.63) is 34.8 Å². The van der Waals surface area contributed by atoms with Gasteiger partial charge in [0.25, 0.3) is 6.01 Å². The number of aromatic nitrogens is 5. The zero-order valence-electron chi connectivity index (χ0n) is 15.3. The zero-order chi connectivity index (χ0) is 20.4. The molecule has 0 saturated carbocycles. The molecule has 1 aliphatic heterocycles. The fourth-order valence-corrected chi connectivity index (χ4v) is 3.22. The minimum absolute atomic E-state index is 0.0379. The van der Waals surface area contributed by atoms with Gasteiger partial charge in [0.2, 0.25) is 5.82 Å². The van der Waals surface area contributed by atoms with Crippen LogP contribution in [-0.2, 0) is 4.79 Å². The molecule has 152 valence electrons. The summed E-state index contributed by atoms with van der Waals surface area (Å²) in [6.45, 7) is 2.55. The number of ether oxygens (including phenoxy) is 1. The number of carbonyl (C=O) groups is 1. The highest BCUT2D eigenvalue weighted by Crippen LogP contribution is 2.29. The summed E-state index contributed by atoms with van der Waals surface area (Å²) in [5.41, 5.74) is 0.375. The summed E-state index contributed by atoms with van der Waals surface area (Å²) in [5.74, 6) is -0.239. The Kier molecular flexibility index (Phi) is 5.43. The molecule has 0 unspecified atom stereocenters. The van der Waals surface area contributed by atoms with Crippen molar-refractivity contribution >= 4 is 27.9 Å². The van der Waals surface area contributed by atoms with Gasteiger partial charge in [-0.1, -0.05) is 5.10 Å². The van der Waals surface area contributed by atoms with E-state index in [1.165, 1.54) is 25.3 Å². The van der Waals surface area contributed by atoms with Crippen LogP contribution in [0.3, 0.4) is 0 Å². The quantitative estimate of drug-likeness (QED) is 0.522. The maximum absolute atomic E-state index is 13.4. The first-order valence-electron chi connectivity index (χ1n) is 8.79. The first kappa shape index (κ1) is 19.3. The van der Waals surface area contributed by atoms with Crippen molar-refractivity contribution in [2.45, 2.75) is 25.9 Å². The number of anilines is 1. The molecule has 4 rings (SSSR count). The van der Waals surface area contributed by atoms with Crippen LogP contribution in [0.15, 0.2) is 33.4 Å². The van der Waals surface area contributed by atoms with Gasteiger partial charge in [-0.3, -0.25) is 0 Å². The van der Waals surface area contributed by atoms with Crippen LogP contribution < -0.4 is 14.5 Å². The fourth-order valence-electron chi connectivity index (χ4n) is 2.88. The van der Waals surface area contributed by atoms with Crippen LogP contribution in [0.4, 0.5) is 10.4 Å². The number of halogens is 2. The Balaban J connectivity index is 1.36. The lowest BCUT2D eigenvalue weighted by molar-refractivity contribution is -0.145. The minimum Gasteiger partial charge on any atom is -0.489 e. The Labute approximate surface area is 172 Å². The number of nitrogens with zero attached hydrogens (tertiary/aromatic N) is 6. The summed E-state index contributed by atoms with van der Waals surface area (Å²) in [7, 11) is 0. The van der Waals surface area contributed by atoms with E-state index in [0.29, 0.717) is 35.0 Å². The molecule has 10 nitrogen and oxygen atoms in total. The lowest BCUT2D eigenvalue weighted by Crippen LogP contribution is -2.38. The SMILES string of the molecule is CC(=O)On1nnc(-c2coc(N3CCC(Oc4cc(F)ccc4Br)CC3)n2)n1. The fraction of sp³-hybridized carbons (Fsp3) is 0.353. The molecule has 1 fully saturated rings. The van der Waals surface area contributed by atoms with Gasteiger partial charge in [0.1, 0.15) is 23.9 Å². The van der Waals surface area contributed by atoms with Gasteiger partial charge in [0.15, 0.2) is 5.69 Å². The summed E-state index contributed by atoms with van der Waals surface area (Å²) in [6, 6.07) is 4.79. The van der Waals surface area contributed by atoms with Gasteiger partial charge in [-0.25, -0.2) is 9.18 Å². The lowest BCUT2D eigenvalue weighted by atomic mass is 10.1. The largest absolute Gasteiger partial charge is 0.489 e. The Hall–Kier alpha value is -3.02. The van der Waals surface area contributed by atoms with E-state index in [-0.39, 0.29) is 17.7 Å². The van der Waals surface area contributed by atoms with Crippen LogP contribution in [0.2, 0.25) is 0 Å². The third-order valence-electron chi connectivity index (χ3n) is 4.23. The van der Waals surface area contributed by atoms with Crippen molar-refractivity contribution in [2.24, 2.45) is 0 Å². The average molecular weight is 467 g/mol. The van der Waals surface area contributed by atoms with E-state index in [1.54, 1.807) is 6.07 Å². The first-order valence-corrected chi connectivity index (χ1v) is 9.59. The topological polar surface area (TPSA) is 108 Å². The predicted molar refractivity (Wildman–Crippen MR) is 101 cm³/mol. The molecule has 0 bridgehead atoms. The normalized spacial score (nSPS) is 14.8. The standard InChI is InChI=1S/C17H16BrFN6O4/c1-10(26)29-25-22-16(21-23-25)14-9-27-17(20-14)24-6-4-12(5-7-24)28-15-8-11(19)2-3-13(15)18/h2-3,8-9,12H,4-7H2,1H3. The molecule has 29 heavy (non-hydrogen) atoms. The van der Waals surface area contributed by atoms with Crippen LogP contribution in [-0.4, -0.2) is 50.5 Å². The molecule has 12 heteroatoms. The molecular weight excluding hydrogens is 451 g/mol. The van der Waals surface area contributed by atoms with E-state index in [2.05, 4.69) is 36.3 Å². The van der Waals surface area contributed by atoms with Crippen LogP contribution in [0.1, 0.15) is 19.8 Å². The summed E-state index contributed by atoms with van der Waals surface area (Å²) < 4.78 is 25.6. The summed E-state index contributed by atoms with van der Waals surface area (Å²) in [6.07, 6.45) is 2.82. The molecular formula is C17H16BrFN6O4. The van der Waals surface area contributed by atoms with Crippen molar-refractivity contribution in [1.82, 2.24) is 25.4 Å². The van der Waals surface area contributed by atoms with Gasteiger partial charge in [0.05, 0.1) is 4.47 Å². The van der Waals surface area contributed by atoms with Crippen LogP contribution >= 0.6 is 15.9 Å². The van der Waals surface area contributed by atoms with Gasteiger partial charge in [-0.05, 0) is 33.3 Å². The third kappa shape index (κ3) is 4.53. The number of oxazole rings is 1. The molecule has 2 aromatic heterocycles. The molecule has 3 heterocycles.